The van der Waals surface area contributed by atoms with Crippen molar-refractivity contribution in [2.75, 3.05) is 67.2 Å². The van der Waals surface area contributed by atoms with Gasteiger partial charge in [-0.25, -0.2) is 9.67 Å². The van der Waals surface area contributed by atoms with E-state index in [4.69, 9.17) is 16.5 Å². The molecule has 3 atom stereocenters. The van der Waals surface area contributed by atoms with Crippen molar-refractivity contribution in [1.29, 1.82) is 0 Å². The van der Waals surface area contributed by atoms with Crippen LogP contribution in [0.5, 0.6) is 0 Å². The molecule has 12 nitrogen and oxygen atoms in total. The average Bonchev–Trinajstić information content (AvgIpc) is 3.47. The van der Waals surface area contributed by atoms with E-state index in [1.807, 2.05) is 35.1 Å². The standard InChI is InChI=1S/C28H35N11O/c1-18-16-38(17-22(30)27(18)39-8-7-32-35-39)25-5-6-31-15-24(25)34-28(40)26-21(29)13-19-3-4-20(14-23(19)33-26)37-11-9-36(2)10-12-37/h3-8,13-15,18,22,27H,9-12,16-17,29-30H2,1-2H3,(H,34,40). The van der Waals surface area contributed by atoms with Gasteiger partial charge in [-0.2, -0.15) is 0 Å². The van der Waals surface area contributed by atoms with Gasteiger partial charge in [-0.05, 0) is 37.2 Å². The second-order valence-electron chi connectivity index (χ2n) is 10.9. The molecule has 2 aliphatic rings. The van der Waals surface area contributed by atoms with Crippen LogP contribution in [-0.2, 0) is 0 Å². The number of carbonyl (C=O) groups excluding carboxylic acids is 1. The van der Waals surface area contributed by atoms with Gasteiger partial charge in [-0.15, -0.1) is 5.10 Å². The van der Waals surface area contributed by atoms with E-state index in [0.717, 1.165) is 55.0 Å². The molecule has 2 fully saturated rings. The molecule has 2 saturated heterocycles. The Labute approximate surface area is 233 Å². The Kier molecular flexibility index (Phi) is 6.95. The van der Waals surface area contributed by atoms with E-state index in [9.17, 15) is 4.79 Å². The fourth-order valence-corrected chi connectivity index (χ4v) is 5.90. The van der Waals surface area contributed by atoms with Crippen LogP contribution in [0.25, 0.3) is 10.9 Å². The number of piperidine rings is 1. The lowest BCUT2D eigenvalue weighted by atomic mass is 9.90. The molecule has 1 amide bonds. The van der Waals surface area contributed by atoms with Crippen LogP contribution in [-0.4, -0.2) is 88.1 Å². The summed E-state index contributed by atoms with van der Waals surface area (Å²) < 4.78 is 1.84. The van der Waals surface area contributed by atoms with Crippen molar-refractivity contribution in [1.82, 2.24) is 29.9 Å². The number of hydrogen-bond acceptors (Lipinski definition) is 10. The molecule has 0 aliphatic carbocycles. The first-order valence-electron chi connectivity index (χ1n) is 13.6. The normalized spacial score (nSPS) is 22.0. The maximum Gasteiger partial charge on any atom is 0.276 e. The topological polar surface area (TPSA) is 147 Å². The number of nitrogens with two attached hydrogens (primary N) is 2. The summed E-state index contributed by atoms with van der Waals surface area (Å²) in [6.07, 6.45) is 6.88. The van der Waals surface area contributed by atoms with E-state index in [1.165, 1.54) is 0 Å². The molecular weight excluding hydrogens is 506 g/mol. The average molecular weight is 542 g/mol. The molecule has 40 heavy (non-hydrogen) atoms. The zero-order valence-corrected chi connectivity index (χ0v) is 22.8. The van der Waals surface area contributed by atoms with Gasteiger partial charge in [-0.1, -0.05) is 18.2 Å². The van der Waals surface area contributed by atoms with E-state index < -0.39 is 0 Å². The molecule has 0 bridgehead atoms. The molecule has 0 radical (unpaired) electrons. The molecule has 0 saturated carbocycles. The molecule has 2 aliphatic heterocycles. The smallest absolute Gasteiger partial charge is 0.276 e. The Hall–Kier alpha value is -4.29. The number of likely N-dealkylation sites (N-methyl/N-ethyl adjacent to an activating group) is 1. The Morgan fingerprint density at radius 2 is 1.88 bits per heavy atom. The predicted octanol–water partition coefficient (Wildman–Crippen LogP) is 1.83. The van der Waals surface area contributed by atoms with Crippen LogP contribution in [0.4, 0.5) is 22.7 Å². The number of amides is 1. The molecule has 1 aromatic carbocycles. The molecule has 4 aromatic rings. The first-order chi connectivity index (χ1) is 19.4. The molecule has 3 unspecified atom stereocenters. The van der Waals surface area contributed by atoms with Crippen LogP contribution in [0.15, 0.2) is 55.1 Å². The van der Waals surface area contributed by atoms with Gasteiger partial charge in [-0.3, -0.25) is 9.78 Å². The summed E-state index contributed by atoms with van der Waals surface area (Å²) in [7, 11) is 2.14. The maximum atomic E-state index is 13.5. The van der Waals surface area contributed by atoms with Crippen molar-refractivity contribution in [3.63, 3.8) is 0 Å². The van der Waals surface area contributed by atoms with Crippen LogP contribution >= 0.6 is 0 Å². The van der Waals surface area contributed by atoms with Crippen molar-refractivity contribution in [2.45, 2.75) is 19.0 Å². The fourth-order valence-electron chi connectivity index (χ4n) is 5.90. The third kappa shape index (κ3) is 5.03. The van der Waals surface area contributed by atoms with Crippen LogP contribution in [0.1, 0.15) is 23.5 Å². The third-order valence-electron chi connectivity index (χ3n) is 8.01. The number of hydrogen-bond donors (Lipinski definition) is 3. The van der Waals surface area contributed by atoms with E-state index in [-0.39, 0.29) is 29.6 Å². The van der Waals surface area contributed by atoms with Gasteiger partial charge in [0.15, 0.2) is 5.69 Å². The number of aromatic nitrogens is 5. The van der Waals surface area contributed by atoms with Gasteiger partial charge in [0.25, 0.3) is 5.91 Å². The minimum atomic E-state index is -0.381. The fraction of sp³-hybridized carbons (Fsp3) is 0.393. The highest BCUT2D eigenvalue weighted by molar-refractivity contribution is 6.09. The zero-order chi connectivity index (χ0) is 27.8. The van der Waals surface area contributed by atoms with E-state index in [1.54, 1.807) is 18.6 Å². The largest absolute Gasteiger partial charge is 0.397 e. The first-order valence-corrected chi connectivity index (χ1v) is 13.6. The predicted molar refractivity (Wildman–Crippen MR) is 156 cm³/mol. The molecule has 3 aromatic heterocycles. The Morgan fingerprint density at radius 3 is 2.62 bits per heavy atom. The third-order valence-corrected chi connectivity index (χ3v) is 8.01. The van der Waals surface area contributed by atoms with Crippen molar-refractivity contribution in [3.05, 3.63) is 60.8 Å². The van der Waals surface area contributed by atoms with Crippen molar-refractivity contribution in [2.24, 2.45) is 11.7 Å². The number of nitrogens with zero attached hydrogens (tertiary/aromatic N) is 8. The summed E-state index contributed by atoms with van der Waals surface area (Å²) in [5, 5.41) is 12.0. The number of anilines is 4. The Bertz CT molecular complexity index is 1490. The highest BCUT2D eigenvalue weighted by Gasteiger charge is 2.35. The Balaban J connectivity index is 1.23. The number of benzene rings is 1. The lowest BCUT2D eigenvalue weighted by Gasteiger charge is -2.42. The van der Waals surface area contributed by atoms with Gasteiger partial charge < -0.3 is 31.5 Å². The lowest BCUT2D eigenvalue weighted by molar-refractivity contribution is 0.102. The summed E-state index contributed by atoms with van der Waals surface area (Å²) in [5.74, 6) is -0.178. The van der Waals surface area contributed by atoms with Crippen LogP contribution < -0.4 is 26.6 Å². The van der Waals surface area contributed by atoms with Gasteiger partial charge in [0.2, 0.25) is 0 Å². The van der Waals surface area contributed by atoms with Gasteiger partial charge in [0.1, 0.15) is 0 Å². The quantitative estimate of drug-likeness (QED) is 0.342. The van der Waals surface area contributed by atoms with Gasteiger partial charge in [0, 0.05) is 68.8 Å². The van der Waals surface area contributed by atoms with Crippen LogP contribution in [0, 0.1) is 5.92 Å². The highest BCUT2D eigenvalue weighted by Crippen LogP contribution is 2.34. The first kappa shape index (κ1) is 26.0. The monoisotopic (exact) mass is 541 g/mol. The van der Waals surface area contributed by atoms with Gasteiger partial charge >= 0.3 is 0 Å². The number of nitrogens with one attached hydrogen (secondary N) is 1. The van der Waals surface area contributed by atoms with E-state index >= 15 is 0 Å². The van der Waals surface area contributed by atoms with Crippen molar-refractivity contribution in [3.8, 4) is 0 Å². The number of pyridine rings is 2. The second-order valence-corrected chi connectivity index (χ2v) is 10.9. The molecule has 208 valence electrons. The van der Waals surface area contributed by atoms with E-state index in [0.29, 0.717) is 17.9 Å². The Morgan fingerprint density at radius 1 is 1.05 bits per heavy atom. The van der Waals surface area contributed by atoms with Crippen molar-refractivity contribution >= 4 is 39.6 Å². The highest BCUT2D eigenvalue weighted by atomic mass is 16.1. The summed E-state index contributed by atoms with van der Waals surface area (Å²) in [6, 6.07) is 9.71. The summed E-state index contributed by atoms with van der Waals surface area (Å²) >= 11 is 0. The minimum Gasteiger partial charge on any atom is -0.397 e. The molecule has 5 heterocycles. The molecule has 12 heteroatoms. The summed E-state index contributed by atoms with van der Waals surface area (Å²) in [4.78, 5) is 29.3. The molecular formula is C28H35N11O. The summed E-state index contributed by atoms with van der Waals surface area (Å²) in [6.45, 7) is 7.39. The molecule has 0 spiro atoms. The zero-order valence-electron chi connectivity index (χ0n) is 22.8. The number of nitrogen functional groups attached to an aromatic ring is 1. The van der Waals surface area contributed by atoms with Crippen LogP contribution in [0.3, 0.4) is 0 Å². The van der Waals surface area contributed by atoms with Gasteiger partial charge in [0.05, 0.1) is 41.0 Å². The number of piperazine rings is 1. The number of carbonyl (C=O) groups is 1. The lowest BCUT2D eigenvalue weighted by Crippen LogP contribution is -2.53. The van der Waals surface area contributed by atoms with E-state index in [2.05, 4.69) is 55.4 Å². The molecule has 5 N–H and O–H groups in total. The summed E-state index contributed by atoms with van der Waals surface area (Å²) in [5.41, 5.74) is 16.7. The maximum absolute atomic E-state index is 13.5. The number of rotatable bonds is 5. The SMILES string of the molecule is CC1CN(c2ccncc2NC(=O)c2nc3cc(N4CCN(C)CC4)ccc3cc2N)CC(N)C1n1ccnn1. The second kappa shape index (κ2) is 10.7. The number of fused-ring (bicyclic) bond motifs is 1. The van der Waals surface area contributed by atoms with Crippen LogP contribution in [0.2, 0.25) is 0 Å². The van der Waals surface area contributed by atoms with Crippen molar-refractivity contribution < 1.29 is 4.79 Å². The molecule has 6 rings (SSSR count). The minimum absolute atomic E-state index is 0.0379.